The summed E-state index contributed by atoms with van der Waals surface area (Å²) in [7, 11) is 0. The Hall–Kier alpha value is -0.610. The van der Waals surface area contributed by atoms with Gasteiger partial charge in [0.2, 0.25) is 0 Å². The fraction of sp³-hybridized carbons (Fsp3) is 0.917. The monoisotopic (exact) mass is 227 g/mol. The molecule has 0 spiro atoms. The van der Waals surface area contributed by atoms with E-state index in [1.807, 2.05) is 6.92 Å². The molecule has 1 rings (SSSR count). The summed E-state index contributed by atoms with van der Waals surface area (Å²) in [5.41, 5.74) is 8.14. The Morgan fingerprint density at radius 3 is 2.38 bits per heavy atom. The number of hydrogen-bond donors (Lipinski definition) is 2. The largest absolute Gasteiger partial charge is 0.318 e. The van der Waals surface area contributed by atoms with Gasteiger partial charge in [0.25, 0.3) is 5.91 Å². The minimum absolute atomic E-state index is 0.0735. The number of nitrogens with zero attached hydrogens (tertiary/aromatic N) is 1. The molecular weight excluding hydrogens is 202 g/mol. The molecule has 0 bridgehead atoms. The standard InChI is InChI=1S/C12H25N3O/c1-5-12(4,13)11(16)14-15-9(2)7-6-8-10(15)3/h9-10H,5-8,13H2,1-4H3,(H,14,16). The van der Waals surface area contributed by atoms with Crippen molar-refractivity contribution < 1.29 is 4.79 Å². The highest BCUT2D eigenvalue weighted by molar-refractivity contribution is 5.85. The van der Waals surface area contributed by atoms with Crippen LogP contribution in [0.5, 0.6) is 0 Å². The van der Waals surface area contributed by atoms with E-state index >= 15 is 0 Å². The van der Waals surface area contributed by atoms with Crippen LogP contribution in [-0.4, -0.2) is 28.5 Å². The summed E-state index contributed by atoms with van der Waals surface area (Å²) in [5, 5.41) is 2.06. The average Bonchev–Trinajstić information content (AvgIpc) is 2.23. The van der Waals surface area contributed by atoms with Crippen LogP contribution >= 0.6 is 0 Å². The SMILES string of the molecule is CCC(C)(N)C(=O)NN1C(C)CCCC1C. The van der Waals surface area contributed by atoms with Gasteiger partial charge in [-0.25, -0.2) is 5.01 Å². The van der Waals surface area contributed by atoms with Crippen LogP contribution in [0.1, 0.15) is 53.4 Å². The van der Waals surface area contributed by atoms with Gasteiger partial charge in [0.1, 0.15) is 0 Å². The topological polar surface area (TPSA) is 58.4 Å². The van der Waals surface area contributed by atoms with E-state index in [0.29, 0.717) is 18.5 Å². The first-order valence-corrected chi connectivity index (χ1v) is 6.26. The van der Waals surface area contributed by atoms with Crippen molar-refractivity contribution in [3.63, 3.8) is 0 Å². The maximum absolute atomic E-state index is 12.0. The quantitative estimate of drug-likeness (QED) is 0.766. The number of hydrogen-bond acceptors (Lipinski definition) is 3. The second-order valence-corrected chi connectivity index (χ2v) is 5.25. The van der Waals surface area contributed by atoms with Crippen LogP contribution in [0.25, 0.3) is 0 Å². The predicted octanol–water partition coefficient (Wildman–Crippen LogP) is 1.41. The highest BCUT2D eigenvalue weighted by Gasteiger charge is 2.32. The zero-order chi connectivity index (χ0) is 12.3. The first-order chi connectivity index (χ1) is 7.38. The third kappa shape index (κ3) is 2.95. The van der Waals surface area contributed by atoms with Crippen molar-refractivity contribution in [3.05, 3.63) is 0 Å². The van der Waals surface area contributed by atoms with Crippen molar-refractivity contribution in [2.24, 2.45) is 5.73 Å². The zero-order valence-electron chi connectivity index (χ0n) is 10.9. The molecule has 0 aliphatic carbocycles. The summed E-state index contributed by atoms with van der Waals surface area (Å²) in [4.78, 5) is 12.0. The second kappa shape index (κ2) is 5.15. The number of hydrazine groups is 1. The number of rotatable bonds is 3. The normalized spacial score (nSPS) is 30.8. The van der Waals surface area contributed by atoms with Crippen molar-refractivity contribution in [3.8, 4) is 0 Å². The number of nitrogens with one attached hydrogen (secondary N) is 1. The van der Waals surface area contributed by atoms with E-state index in [9.17, 15) is 4.79 Å². The predicted molar refractivity (Wildman–Crippen MR) is 65.6 cm³/mol. The first kappa shape index (κ1) is 13.5. The molecule has 1 aliphatic heterocycles. The Kier molecular flexibility index (Phi) is 4.33. The molecule has 3 unspecified atom stereocenters. The molecular formula is C12H25N3O. The Balaban J connectivity index is 2.61. The summed E-state index contributed by atoms with van der Waals surface area (Å²) < 4.78 is 0. The Labute approximate surface area is 98.5 Å². The summed E-state index contributed by atoms with van der Waals surface area (Å²) in [6.07, 6.45) is 4.16. The highest BCUT2D eigenvalue weighted by Crippen LogP contribution is 2.20. The van der Waals surface area contributed by atoms with E-state index in [0.717, 1.165) is 12.8 Å². The zero-order valence-corrected chi connectivity index (χ0v) is 10.9. The Morgan fingerprint density at radius 2 is 1.94 bits per heavy atom. The third-order valence-electron chi connectivity index (χ3n) is 3.68. The summed E-state index contributed by atoms with van der Waals surface area (Å²) in [6, 6.07) is 0.806. The molecule has 0 saturated carbocycles. The lowest BCUT2D eigenvalue weighted by Gasteiger charge is -2.40. The molecule has 16 heavy (non-hydrogen) atoms. The van der Waals surface area contributed by atoms with E-state index in [1.165, 1.54) is 6.42 Å². The molecule has 0 aromatic heterocycles. The number of nitrogens with two attached hydrogens (primary N) is 1. The lowest BCUT2D eigenvalue weighted by molar-refractivity contribution is -0.134. The Bertz CT molecular complexity index is 243. The number of carbonyl (C=O) groups excluding carboxylic acids is 1. The molecule has 94 valence electrons. The maximum atomic E-state index is 12.0. The van der Waals surface area contributed by atoms with Gasteiger partial charge < -0.3 is 5.73 Å². The number of amides is 1. The fourth-order valence-corrected chi connectivity index (χ4v) is 2.05. The molecule has 1 saturated heterocycles. The molecule has 1 heterocycles. The van der Waals surface area contributed by atoms with E-state index in [-0.39, 0.29) is 5.91 Å². The minimum Gasteiger partial charge on any atom is -0.318 e. The van der Waals surface area contributed by atoms with Crippen molar-refractivity contribution in [2.75, 3.05) is 0 Å². The minimum atomic E-state index is -0.767. The molecule has 1 fully saturated rings. The molecule has 4 heteroatoms. The van der Waals surface area contributed by atoms with E-state index in [1.54, 1.807) is 6.92 Å². The molecule has 4 nitrogen and oxygen atoms in total. The van der Waals surface area contributed by atoms with Crippen LogP contribution in [0.3, 0.4) is 0 Å². The number of piperidine rings is 1. The third-order valence-corrected chi connectivity index (χ3v) is 3.68. The van der Waals surface area contributed by atoms with Gasteiger partial charge in [-0.05, 0) is 40.0 Å². The fourth-order valence-electron chi connectivity index (χ4n) is 2.05. The van der Waals surface area contributed by atoms with Gasteiger partial charge in [-0.3, -0.25) is 10.2 Å². The van der Waals surface area contributed by atoms with Gasteiger partial charge in [0, 0.05) is 12.1 Å². The van der Waals surface area contributed by atoms with Crippen LogP contribution in [0.4, 0.5) is 0 Å². The second-order valence-electron chi connectivity index (χ2n) is 5.25. The summed E-state index contributed by atoms with van der Waals surface area (Å²) in [5.74, 6) is -0.0735. The van der Waals surface area contributed by atoms with E-state index in [4.69, 9.17) is 5.73 Å². The van der Waals surface area contributed by atoms with Gasteiger partial charge in [0.15, 0.2) is 0 Å². The lowest BCUT2D eigenvalue weighted by Crippen LogP contribution is -2.61. The van der Waals surface area contributed by atoms with Gasteiger partial charge in [0.05, 0.1) is 5.54 Å². The van der Waals surface area contributed by atoms with Gasteiger partial charge in [-0.15, -0.1) is 0 Å². The molecule has 3 N–H and O–H groups in total. The lowest BCUT2D eigenvalue weighted by atomic mass is 9.98. The summed E-state index contributed by atoms with van der Waals surface area (Å²) in [6.45, 7) is 8.01. The van der Waals surface area contributed by atoms with Gasteiger partial charge in [-0.2, -0.15) is 0 Å². The molecule has 0 aromatic carbocycles. The van der Waals surface area contributed by atoms with Crippen LogP contribution in [-0.2, 0) is 4.79 Å². The molecule has 0 aromatic rings. The van der Waals surface area contributed by atoms with Crippen LogP contribution in [0.2, 0.25) is 0 Å². The first-order valence-electron chi connectivity index (χ1n) is 6.26. The van der Waals surface area contributed by atoms with Gasteiger partial charge >= 0.3 is 0 Å². The van der Waals surface area contributed by atoms with Crippen molar-refractivity contribution >= 4 is 5.91 Å². The molecule has 0 radical (unpaired) electrons. The van der Waals surface area contributed by atoms with Crippen molar-refractivity contribution in [2.45, 2.75) is 71.0 Å². The Morgan fingerprint density at radius 1 is 1.44 bits per heavy atom. The average molecular weight is 227 g/mol. The van der Waals surface area contributed by atoms with Gasteiger partial charge in [-0.1, -0.05) is 13.3 Å². The molecule has 3 atom stereocenters. The highest BCUT2D eigenvalue weighted by atomic mass is 16.2. The molecule has 1 amide bonds. The molecule has 1 aliphatic rings. The number of carbonyl (C=O) groups is 1. The smallest absolute Gasteiger partial charge is 0.254 e. The maximum Gasteiger partial charge on any atom is 0.254 e. The van der Waals surface area contributed by atoms with Crippen molar-refractivity contribution in [1.29, 1.82) is 0 Å². The van der Waals surface area contributed by atoms with Crippen LogP contribution in [0, 0.1) is 0 Å². The van der Waals surface area contributed by atoms with Crippen LogP contribution in [0.15, 0.2) is 0 Å². The van der Waals surface area contributed by atoms with Crippen LogP contribution < -0.4 is 11.2 Å². The van der Waals surface area contributed by atoms with E-state index < -0.39 is 5.54 Å². The summed E-state index contributed by atoms with van der Waals surface area (Å²) >= 11 is 0. The van der Waals surface area contributed by atoms with Crippen molar-refractivity contribution in [1.82, 2.24) is 10.4 Å². The van der Waals surface area contributed by atoms with E-state index in [2.05, 4.69) is 24.3 Å².